The Hall–Kier alpha value is -1.51. The molecule has 1 rings (SSSR count). The second-order valence-corrected chi connectivity index (χ2v) is 5.60. The molecule has 1 atom stereocenters. The van der Waals surface area contributed by atoms with Gasteiger partial charge in [0.2, 0.25) is 0 Å². The van der Waals surface area contributed by atoms with E-state index in [0.29, 0.717) is 6.42 Å². The van der Waals surface area contributed by atoms with Crippen molar-refractivity contribution in [3.05, 3.63) is 29.8 Å². The number of halogens is 7. The molecule has 0 saturated heterocycles. The predicted octanol–water partition coefficient (Wildman–Crippen LogP) is 4.91. The summed E-state index contributed by atoms with van der Waals surface area (Å²) in [5, 5.41) is 10.1. The molecule has 0 spiro atoms. The molecule has 138 valence electrons. The molecule has 0 aromatic heterocycles. The number of ether oxygens (including phenoxy) is 1. The average molecular weight is 362 g/mol. The molecule has 9 heteroatoms. The van der Waals surface area contributed by atoms with Gasteiger partial charge in [-0.05, 0) is 31.0 Å². The second kappa shape index (κ2) is 6.78. The van der Waals surface area contributed by atoms with Crippen LogP contribution in [-0.2, 0) is 5.60 Å². The van der Waals surface area contributed by atoms with Gasteiger partial charge in [-0.3, -0.25) is 0 Å². The van der Waals surface area contributed by atoms with Gasteiger partial charge in [0, 0.05) is 0 Å². The molecule has 0 fully saturated rings. The zero-order chi connectivity index (χ0) is 18.8. The lowest BCUT2D eigenvalue weighted by atomic mass is 9.87. The summed E-state index contributed by atoms with van der Waals surface area (Å²) in [6.07, 6.45) is -7.90. The van der Waals surface area contributed by atoms with Crippen LogP contribution in [0, 0.1) is 0 Å². The second-order valence-electron chi connectivity index (χ2n) is 5.60. The fraction of sp³-hybridized carbons (Fsp3) is 0.600. The molecule has 1 aromatic rings. The van der Waals surface area contributed by atoms with E-state index in [-0.39, 0.29) is 17.9 Å². The van der Waals surface area contributed by atoms with Crippen LogP contribution in [0.15, 0.2) is 24.3 Å². The van der Waals surface area contributed by atoms with Gasteiger partial charge in [-0.1, -0.05) is 19.1 Å². The number of benzene rings is 1. The van der Waals surface area contributed by atoms with Crippen LogP contribution in [0.5, 0.6) is 5.75 Å². The standard InChI is InChI=1S/C15H17F7O2/c1-3-7-24-11-6-4-5-10(8-11)12(2,23)9-13(16,17)14(18,19)15(20,21)22/h4-6,8,23H,3,7,9H2,1-2H3. The first-order valence-corrected chi connectivity index (χ1v) is 7.02. The maximum atomic E-state index is 13.5. The fourth-order valence-electron chi connectivity index (χ4n) is 1.99. The lowest BCUT2D eigenvalue weighted by molar-refractivity contribution is -0.361. The first kappa shape index (κ1) is 20.5. The van der Waals surface area contributed by atoms with Crippen molar-refractivity contribution < 1.29 is 40.6 Å². The average Bonchev–Trinajstić information content (AvgIpc) is 2.43. The van der Waals surface area contributed by atoms with Crippen LogP contribution in [0.1, 0.15) is 32.3 Å². The van der Waals surface area contributed by atoms with Crippen molar-refractivity contribution in [2.45, 2.75) is 50.3 Å². The van der Waals surface area contributed by atoms with Crippen LogP contribution >= 0.6 is 0 Å². The third-order valence-electron chi connectivity index (χ3n) is 3.31. The normalized spacial score (nSPS) is 15.9. The number of hydrogen-bond acceptors (Lipinski definition) is 2. The minimum atomic E-state index is -6.43. The van der Waals surface area contributed by atoms with E-state index < -0.39 is 30.0 Å². The highest BCUT2D eigenvalue weighted by Gasteiger charge is 2.73. The highest BCUT2D eigenvalue weighted by Crippen LogP contribution is 2.50. The van der Waals surface area contributed by atoms with Gasteiger partial charge in [0.15, 0.2) is 0 Å². The highest BCUT2D eigenvalue weighted by atomic mass is 19.4. The molecular weight excluding hydrogens is 345 g/mol. The number of alkyl halides is 7. The Bertz CT molecular complexity index is 553. The number of hydrogen-bond donors (Lipinski definition) is 1. The molecule has 0 amide bonds. The van der Waals surface area contributed by atoms with Crippen molar-refractivity contribution in [3.8, 4) is 5.75 Å². The van der Waals surface area contributed by atoms with Crippen molar-refractivity contribution in [3.63, 3.8) is 0 Å². The van der Waals surface area contributed by atoms with E-state index in [1.165, 1.54) is 12.1 Å². The molecule has 24 heavy (non-hydrogen) atoms. The lowest BCUT2D eigenvalue weighted by Crippen LogP contribution is -2.54. The molecule has 0 bridgehead atoms. The van der Waals surface area contributed by atoms with Gasteiger partial charge in [0.25, 0.3) is 0 Å². The Kier molecular flexibility index (Phi) is 5.80. The van der Waals surface area contributed by atoms with Crippen molar-refractivity contribution in [2.75, 3.05) is 6.61 Å². The SMILES string of the molecule is CCCOc1cccc(C(C)(O)CC(F)(F)C(F)(F)C(F)(F)F)c1. The summed E-state index contributed by atoms with van der Waals surface area (Å²) < 4.78 is 94.8. The van der Waals surface area contributed by atoms with Gasteiger partial charge < -0.3 is 9.84 Å². The van der Waals surface area contributed by atoms with Gasteiger partial charge in [-0.25, -0.2) is 0 Å². The van der Waals surface area contributed by atoms with E-state index >= 15 is 0 Å². The number of aliphatic hydroxyl groups is 1. The minimum Gasteiger partial charge on any atom is -0.494 e. The number of rotatable bonds is 7. The maximum Gasteiger partial charge on any atom is 0.459 e. The topological polar surface area (TPSA) is 29.5 Å². The first-order valence-electron chi connectivity index (χ1n) is 7.02. The van der Waals surface area contributed by atoms with E-state index in [1.807, 2.05) is 0 Å². The molecule has 1 N–H and O–H groups in total. The van der Waals surface area contributed by atoms with Crippen LogP contribution in [0.4, 0.5) is 30.7 Å². The third-order valence-corrected chi connectivity index (χ3v) is 3.31. The largest absolute Gasteiger partial charge is 0.494 e. The predicted molar refractivity (Wildman–Crippen MR) is 72.4 cm³/mol. The zero-order valence-electron chi connectivity index (χ0n) is 12.9. The molecule has 0 radical (unpaired) electrons. The monoisotopic (exact) mass is 362 g/mol. The van der Waals surface area contributed by atoms with E-state index in [4.69, 9.17) is 4.74 Å². The maximum absolute atomic E-state index is 13.5. The van der Waals surface area contributed by atoms with Gasteiger partial charge in [-0.2, -0.15) is 30.7 Å². The molecule has 1 aromatic carbocycles. The molecule has 0 aliphatic rings. The summed E-state index contributed by atoms with van der Waals surface area (Å²) in [6, 6.07) is 5.02. The van der Waals surface area contributed by atoms with Gasteiger partial charge in [0.1, 0.15) is 5.75 Å². The molecular formula is C15H17F7O2. The smallest absolute Gasteiger partial charge is 0.459 e. The molecule has 1 unspecified atom stereocenters. The lowest BCUT2D eigenvalue weighted by Gasteiger charge is -2.34. The van der Waals surface area contributed by atoms with Gasteiger partial charge >= 0.3 is 18.0 Å². The molecule has 0 heterocycles. The Labute approximate surface area is 134 Å². The summed E-state index contributed by atoms with van der Waals surface area (Å²) in [7, 11) is 0. The fourth-order valence-corrected chi connectivity index (χ4v) is 1.99. The summed E-state index contributed by atoms with van der Waals surface area (Å²) in [6.45, 7) is 2.83. The van der Waals surface area contributed by atoms with E-state index in [1.54, 1.807) is 6.92 Å². The Balaban J connectivity index is 3.08. The van der Waals surface area contributed by atoms with Crippen molar-refractivity contribution in [1.82, 2.24) is 0 Å². The summed E-state index contributed by atoms with van der Waals surface area (Å²) in [5.74, 6) is -11.6. The van der Waals surface area contributed by atoms with Crippen LogP contribution in [0.2, 0.25) is 0 Å². The van der Waals surface area contributed by atoms with Crippen LogP contribution in [0.25, 0.3) is 0 Å². The van der Waals surface area contributed by atoms with Gasteiger partial charge in [-0.15, -0.1) is 0 Å². The highest BCUT2D eigenvalue weighted by molar-refractivity contribution is 5.32. The van der Waals surface area contributed by atoms with Crippen LogP contribution < -0.4 is 4.74 Å². The summed E-state index contributed by atoms with van der Waals surface area (Å²) >= 11 is 0. The molecule has 2 nitrogen and oxygen atoms in total. The molecule has 0 aliphatic carbocycles. The van der Waals surface area contributed by atoms with E-state index in [9.17, 15) is 35.8 Å². The molecule has 0 saturated carbocycles. The van der Waals surface area contributed by atoms with Crippen molar-refractivity contribution in [2.24, 2.45) is 0 Å². The summed E-state index contributed by atoms with van der Waals surface area (Å²) in [4.78, 5) is 0. The zero-order valence-corrected chi connectivity index (χ0v) is 12.9. The van der Waals surface area contributed by atoms with Crippen molar-refractivity contribution in [1.29, 1.82) is 0 Å². The first-order chi connectivity index (χ1) is 10.7. The molecule has 0 aliphatic heterocycles. The van der Waals surface area contributed by atoms with E-state index in [2.05, 4.69) is 0 Å². The Morgan fingerprint density at radius 1 is 1.04 bits per heavy atom. The Morgan fingerprint density at radius 3 is 2.12 bits per heavy atom. The van der Waals surface area contributed by atoms with Crippen LogP contribution in [0.3, 0.4) is 0 Å². The summed E-state index contributed by atoms with van der Waals surface area (Å²) in [5.41, 5.74) is -2.88. The van der Waals surface area contributed by atoms with Crippen molar-refractivity contribution >= 4 is 0 Å². The third kappa shape index (κ3) is 4.31. The minimum absolute atomic E-state index is 0.181. The van der Waals surface area contributed by atoms with Gasteiger partial charge in [0.05, 0.1) is 18.6 Å². The Morgan fingerprint density at radius 2 is 1.62 bits per heavy atom. The van der Waals surface area contributed by atoms with E-state index in [0.717, 1.165) is 19.1 Å². The van der Waals surface area contributed by atoms with Crippen LogP contribution in [-0.4, -0.2) is 29.7 Å². The quantitative estimate of drug-likeness (QED) is 0.699.